The maximum atomic E-state index is 5.19. The Labute approximate surface area is 97.2 Å². The summed E-state index contributed by atoms with van der Waals surface area (Å²) >= 11 is 0. The fraction of sp³-hybridized carbons (Fsp3) is 0.692. The van der Waals surface area contributed by atoms with E-state index in [1.807, 2.05) is 0 Å². The van der Waals surface area contributed by atoms with Crippen LogP contribution in [0.4, 0.5) is 0 Å². The topological polar surface area (TPSA) is 35.0 Å². The standard InChI is InChI=1S/C13H20N2O/c1-9-10(2)13(16-3)15-14-12(9)11-7-5-4-6-8-11/h11H,4-8H2,1-3H3. The van der Waals surface area contributed by atoms with E-state index in [2.05, 4.69) is 24.0 Å². The van der Waals surface area contributed by atoms with Crippen LogP contribution < -0.4 is 4.74 Å². The fourth-order valence-corrected chi connectivity index (χ4v) is 2.56. The first-order valence-electron chi connectivity index (χ1n) is 6.11. The van der Waals surface area contributed by atoms with E-state index in [0.717, 1.165) is 5.56 Å². The van der Waals surface area contributed by atoms with Crippen molar-refractivity contribution in [1.82, 2.24) is 10.2 Å². The molecule has 3 nitrogen and oxygen atoms in total. The van der Waals surface area contributed by atoms with Crippen LogP contribution in [-0.4, -0.2) is 17.3 Å². The van der Waals surface area contributed by atoms with Gasteiger partial charge in [0, 0.05) is 11.5 Å². The molecule has 1 saturated carbocycles. The monoisotopic (exact) mass is 220 g/mol. The van der Waals surface area contributed by atoms with Crippen LogP contribution in [0.3, 0.4) is 0 Å². The molecule has 0 aromatic carbocycles. The zero-order chi connectivity index (χ0) is 11.5. The number of hydrogen-bond acceptors (Lipinski definition) is 3. The molecule has 2 rings (SSSR count). The summed E-state index contributed by atoms with van der Waals surface area (Å²) in [7, 11) is 1.65. The van der Waals surface area contributed by atoms with Crippen molar-refractivity contribution in [3.8, 4) is 5.88 Å². The molecule has 0 bridgehead atoms. The molecular weight excluding hydrogens is 200 g/mol. The molecule has 0 unspecified atom stereocenters. The minimum atomic E-state index is 0.617. The minimum Gasteiger partial charge on any atom is -0.480 e. The van der Waals surface area contributed by atoms with Crippen molar-refractivity contribution in [3.05, 3.63) is 16.8 Å². The number of nitrogens with zero attached hydrogens (tertiary/aromatic N) is 2. The molecule has 1 aliphatic rings. The predicted molar refractivity (Wildman–Crippen MR) is 63.9 cm³/mol. The molecule has 16 heavy (non-hydrogen) atoms. The van der Waals surface area contributed by atoms with Gasteiger partial charge in [-0.25, -0.2) is 0 Å². The highest BCUT2D eigenvalue weighted by Crippen LogP contribution is 2.34. The molecule has 0 atom stereocenters. The zero-order valence-electron chi connectivity index (χ0n) is 10.4. The smallest absolute Gasteiger partial charge is 0.236 e. The quantitative estimate of drug-likeness (QED) is 0.768. The third kappa shape index (κ3) is 2.04. The van der Waals surface area contributed by atoms with Gasteiger partial charge in [-0.05, 0) is 32.3 Å². The molecule has 88 valence electrons. The first-order chi connectivity index (χ1) is 7.74. The summed E-state index contributed by atoms with van der Waals surface area (Å²) in [5.74, 6) is 1.28. The van der Waals surface area contributed by atoms with Gasteiger partial charge in [-0.1, -0.05) is 19.3 Å². The lowest BCUT2D eigenvalue weighted by molar-refractivity contribution is 0.381. The van der Waals surface area contributed by atoms with Gasteiger partial charge >= 0.3 is 0 Å². The SMILES string of the molecule is COc1nnc(C2CCCCC2)c(C)c1C. The lowest BCUT2D eigenvalue weighted by Crippen LogP contribution is -2.11. The molecule has 0 N–H and O–H groups in total. The van der Waals surface area contributed by atoms with Crippen molar-refractivity contribution < 1.29 is 4.74 Å². The highest BCUT2D eigenvalue weighted by atomic mass is 16.5. The van der Waals surface area contributed by atoms with E-state index in [0.29, 0.717) is 11.8 Å². The second-order valence-electron chi connectivity index (χ2n) is 4.68. The Bertz CT molecular complexity index is 370. The van der Waals surface area contributed by atoms with Gasteiger partial charge in [0.15, 0.2) is 0 Å². The van der Waals surface area contributed by atoms with Crippen LogP contribution in [-0.2, 0) is 0 Å². The van der Waals surface area contributed by atoms with E-state index in [9.17, 15) is 0 Å². The van der Waals surface area contributed by atoms with Crippen LogP contribution in [0.1, 0.15) is 54.8 Å². The van der Waals surface area contributed by atoms with E-state index in [1.54, 1.807) is 7.11 Å². The summed E-state index contributed by atoms with van der Waals surface area (Å²) in [6.45, 7) is 4.20. The van der Waals surface area contributed by atoms with Gasteiger partial charge in [-0.15, -0.1) is 5.10 Å². The van der Waals surface area contributed by atoms with Crippen molar-refractivity contribution in [2.24, 2.45) is 0 Å². The van der Waals surface area contributed by atoms with Crippen molar-refractivity contribution in [3.63, 3.8) is 0 Å². The largest absolute Gasteiger partial charge is 0.480 e. The summed E-state index contributed by atoms with van der Waals surface area (Å²) in [6, 6.07) is 0. The third-order valence-corrected chi connectivity index (χ3v) is 3.70. The second kappa shape index (κ2) is 4.81. The van der Waals surface area contributed by atoms with E-state index < -0.39 is 0 Å². The third-order valence-electron chi connectivity index (χ3n) is 3.70. The van der Waals surface area contributed by atoms with Crippen molar-refractivity contribution >= 4 is 0 Å². The molecule has 1 aromatic rings. The Morgan fingerprint density at radius 3 is 2.31 bits per heavy atom. The molecule has 3 heteroatoms. The molecule has 1 fully saturated rings. The van der Waals surface area contributed by atoms with Crippen LogP contribution in [0.15, 0.2) is 0 Å². The van der Waals surface area contributed by atoms with Gasteiger partial charge in [0.05, 0.1) is 12.8 Å². The summed E-state index contributed by atoms with van der Waals surface area (Å²) in [5.41, 5.74) is 3.59. The summed E-state index contributed by atoms with van der Waals surface area (Å²) in [5, 5.41) is 8.52. The normalized spacial score (nSPS) is 17.4. The molecule has 1 heterocycles. The Kier molecular flexibility index (Phi) is 3.42. The molecule has 0 radical (unpaired) electrons. The molecule has 0 aliphatic heterocycles. The first-order valence-corrected chi connectivity index (χ1v) is 6.11. The van der Waals surface area contributed by atoms with Crippen LogP contribution >= 0.6 is 0 Å². The summed E-state index contributed by atoms with van der Waals surface area (Å²) < 4.78 is 5.19. The van der Waals surface area contributed by atoms with E-state index >= 15 is 0 Å². The van der Waals surface area contributed by atoms with Gasteiger partial charge in [0.25, 0.3) is 0 Å². The first kappa shape index (κ1) is 11.4. The lowest BCUT2D eigenvalue weighted by Gasteiger charge is -2.22. The Morgan fingerprint density at radius 1 is 1.00 bits per heavy atom. The highest BCUT2D eigenvalue weighted by molar-refractivity contribution is 5.35. The minimum absolute atomic E-state index is 0.617. The van der Waals surface area contributed by atoms with Crippen LogP contribution in [0.5, 0.6) is 5.88 Å². The summed E-state index contributed by atoms with van der Waals surface area (Å²) in [6.07, 6.45) is 6.56. The molecule has 0 saturated heterocycles. The molecular formula is C13H20N2O. The Hall–Kier alpha value is -1.12. The van der Waals surface area contributed by atoms with Crippen molar-refractivity contribution in [2.45, 2.75) is 51.9 Å². The lowest BCUT2D eigenvalue weighted by atomic mass is 9.85. The number of methoxy groups -OCH3 is 1. The number of ether oxygens (including phenoxy) is 1. The van der Waals surface area contributed by atoms with E-state index in [1.165, 1.54) is 43.4 Å². The number of hydrogen-bond donors (Lipinski definition) is 0. The van der Waals surface area contributed by atoms with Gasteiger partial charge in [0.2, 0.25) is 5.88 Å². The van der Waals surface area contributed by atoms with Gasteiger partial charge in [-0.2, -0.15) is 5.10 Å². The summed E-state index contributed by atoms with van der Waals surface area (Å²) in [4.78, 5) is 0. The average molecular weight is 220 g/mol. The number of aromatic nitrogens is 2. The molecule has 1 aromatic heterocycles. The van der Waals surface area contributed by atoms with Crippen LogP contribution in [0.25, 0.3) is 0 Å². The van der Waals surface area contributed by atoms with Crippen molar-refractivity contribution in [1.29, 1.82) is 0 Å². The van der Waals surface area contributed by atoms with Gasteiger partial charge < -0.3 is 4.74 Å². The van der Waals surface area contributed by atoms with E-state index in [4.69, 9.17) is 4.74 Å². The Morgan fingerprint density at radius 2 is 1.69 bits per heavy atom. The Balaban J connectivity index is 2.30. The average Bonchev–Trinajstić information content (AvgIpc) is 2.34. The van der Waals surface area contributed by atoms with E-state index in [-0.39, 0.29) is 0 Å². The van der Waals surface area contributed by atoms with Crippen LogP contribution in [0, 0.1) is 13.8 Å². The fourth-order valence-electron chi connectivity index (χ4n) is 2.56. The van der Waals surface area contributed by atoms with Gasteiger partial charge in [-0.3, -0.25) is 0 Å². The molecule has 1 aliphatic carbocycles. The second-order valence-corrected chi connectivity index (χ2v) is 4.68. The van der Waals surface area contributed by atoms with Crippen molar-refractivity contribution in [2.75, 3.05) is 7.11 Å². The van der Waals surface area contributed by atoms with Crippen LogP contribution in [0.2, 0.25) is 0 Å². The predicted octanol–water partition coefficient (Wildman–Crippen LogP) is 3.15. The maximum absolute atomic E-state index is 5.19. The zero-order valence-corrected chi connectivity index (χ0v) is 10.4. The van der Waals surface area contributed by atoms with Gasteiger partial charge in [0.1, 0.15) is 0 Å². The highest BCUT2D eigenvalue weighted by Gasteiger charge is 2.21. The maximum Gasteiger partial charge on any atom is 0.236 e. The number of rotatable bonds is 2. The molecule has 0 amide bonds. The molecule has 0 spiro atoms.